The number of amides is 1. The van der Waals surface area contributed by atoms with Crippen molar-refractivity contribution in [2.75, 3.05) is 5.32 Å². The number of nitro benzene ring substituents is 1. The number of nitrogens with one attached hydrogen (secondary N) is 1. The number of Topliss-reactive ketones (excluding diaryl/α,β-unsaturated/α-hetero) is 1. The third kappa shape index (κ3) is 6.15. The van der Waals surface area contributed by atoms with Crippen molar-refractivity contribution in [1.82, 2.24) is 0 Å². The Morgan fingerprint density at radius 3 is 2.28 bits per heavy atom. The molecule has 29 heavy (non-hydrogen) atoms. The summed E-state index contributed by atoms with van der Waals surface area (Å²) in [4.78, 5) is 47.1. The Hall–Kier alpha value is -3.20. The molecule has 8 nitrogen and oxygen atoms in total. The number of ketones is 1. The summed E-state index contributed by atoms with van der Waals surface area (Å²) in [5, 5.41) is 12.7. The summed E-state index contributed by atoms with van der Waals surface area (Å²) >= 11 is 1.16. The molecular weight excluding hydrogens is 396 g/mol. The second-order valence-electron chi connectivity index (χ2n) is 6.18. The van der Waals surface area contributed by atoms with Gasteiger partial charge in [0.1, 0.15) is 5.25 Å². The van der Waals surface area contributed by atoms with Gasteiger partial charge in [0.05, 0.1) is 10.6 Å². The van der Waals surface area contributed by atoms with E-state index in [0.29, 0.717) is 16.1 Å². The number of nitrogens with zero attached hydrogens (tertiary/aromatic N) is 1. The van der Waals surface area contributed by atoms with Gasteiger partial charge in [-0.3, -0.25) is 24.5 Å². The highest BCUT2D eigenvalue weighted by Gasteiger charge is 2.23. The number of benzene rings is 2. The van der Waals surface area contributed by atoms with Gasteiger partial charge in [0.25, 0.3) is 11.6 Å². The summed E-state index contributed by atoms with van der Waals surface area (Å²) in [7, 11) is 0. The fraction of sp³-hybridized carbons (Fsp3) is 0.250. The van der Waals surface area contributed by atoms with Crippen molar-refractivity contribution in [2.24, 2.45) is 0 Å². The Morgan fingerprint density at radius 1 is 1.07 bits per heavy atom. The Morgan fingerprint density at radius 2 is 1.69 bits per heavy atom. The lowest BCUT2D eigenvalue weighted by Gasteiger charge is -2.17. The first kappa shape index (κ1) is 22.1. The van der Waals surface area contributed by atoms with Crippen molar-refractivity contribution >= 4 is 40.8 Å². The molecule has 2 aromatic carbocycles. The molecule has 0 aliphatic carbocycles. The minimum atomic E-state index is -1.07. The molecule has 1 N–H and O–H groups in total. The van der Waals surface area contributed by atoms with Gasteiger partial charge in [0, 0.05) is 22.6 Å². The molecule has 0 heterocycles. The van der Waals surface area contributed by atoms with Crippen LogP contribution in [0, 0.1) is 10.1 Å². The van der Waals surface area contributed by atoms with Gasteiger partial charge in [0.2, 0.25) is 0 Å². The van der Waals surface area contributed by atoms with Gasteiger partial charge >= 0.3 is 5.97 Å². The highest BCUT2D eigenvalue weighted by atomic mass is 32.2. The van der Waals surface area contributed by atoms with E-state index in [1.54, 1.807) is 43.3 Å². The summed E-state index contributed by atoms with van der Waals surface area (Å²) in [6, 6.07) is 12.3. The smallest absolute Gasteiger partial charge is 0.319 e. The predicted molar refractivity (Wildman–Crippen MR) is 109 cm³/mol. The number of rotatable bonds is 8. The number of carbonyl (C=O) groups is 3. The molecular formula is C20H20N2O6S. The van der Waals surface area contributed by atoms with E-state index >= 15 is 0 Å². The van der Waals surface area contributed by atoms with Gasteiger partial charge in [-0.1, -0.05) is 12.1 Å². The van der Waals surface area contributed by atoms with E-state index in [9.17, 15) is 24.5 Å². The van der Waals surface area contributed by atoms with E-state index in [0.717, 1.165) is 11.8 Å². The molecule has 0 bridgehead atoms. The van der Waals surface area contributed by atoms with Crippen molar-refractivity contribution in [3.8, 4) is 0 Å². The molecule has 9 heteroatoms. The van der Waals surface area contributed by atoms with E-state index in [-0.39, 0.29) is 11.5 Å². The van der Waals surface area contributed by atoms with E-state index in [4.69, 9.17) is 4.74 Å². The summed E-state index contributed by atoms with van der Waals surface area (Å²) in [5.74, 6) is -1.35. The zero-order chi connectivity index (χ0) is 21.6. The average molecular weight is 416 g/mol. The molecule has 0 aliphatic heterocycles. The maximum Gasteiger partial charge on any atom is 0.319 e. The number of ether oxygens (including phenoxy) is 1. The summed E-state index contributed by atoms with van der Waals surface area (Å²) in [5.41, 5.74) is 0.670. The molecule has 0 fully saturated rings. The van der Waals surface area contributed by atoms with Crippen molar-refractivity contribution in [3.05, 3.63) is 64.2 Å². The molecule has 152 valence electrons. The van der Waals surface area contributed by atoms with Crippen LogP contribution in [0.4, 0.5) is 11.4 Å². The zero-order valence-electron chi connectivity index (χ0n) is 16.1. The Balaban J connectivity index is 1.94. The van der Waals surface area contributed by atoms with E-state index in [1.807, 2.05) is 0 Å². The molecule has 0 aliphatic rings. The van der Waals surface area contributed by atoms with Gasteiger partial charge < -0.3 is 10.1 Å². The van der Waals surface area contributed by atoms with Gasteiger partial charge in [-0.05, 0) is 45.0 Å². The number of para-hydroxylation sites is 1. The number of nitro groups is 1. The topological polar surface area (TPSA) is 116 Å². The average Bonchev–Trinajstić information content (AvgIpc) is 2.68. The number of non-ortho nitro benzene ring substituents is 1. The third-order valence-electron chi connectivity index (χ3n) is 3.92. The quantitative estimate of drug-likeness (QED) is 0.228. The van der Waals surface area contributed by atoms with E-state index in [1.165, 1.54) is 26.0 Å². The Labute approximate surface area is 171 Å². The number of anilines is 1. The standard InChI is InChI=1S/C20H20N2O6S/c1-12(23)17-6-4-5-7-18(17)21-19(24)13(2)28-20(25)14(3)29-16-10-8-15(9-11-16)22(26)27/h4-11,13-14H,1-3H3,(H,21,24)/t13-,14+/m1/s1. The highest BCUT2D eigenvalue weighted by molar-refractivity contribution is 8.00. The number of thioether (sulfide) groups is 1. The van der Waals surface area contributed by atoms with Crippen LogP contribution in [0.1, 0.15) is 31.1 Å². The molecule has 1 amide bonds. The van der Waals surface area contributed by atoms with Gasteiger partial charge in [-0.2, -0.15) is 0 Å². The minimum Gasteiger partial charge on any atom is -0.452 e. The highest BCUT2D eigenvalue weighted by Crippen LogP contribution is 2.26. The minimum absolute atomic E-state index is 0.0410. The van der Waals surface area contributed by atoms with Crippen molar-refractivity contribution in [1.29, 1.82) is 0 Å². The van der Waals surface area contributed by atoms with E-state index in [2.05, 4.69) is 5.32 Å². The summed E-state index contributed by atoms with van der Waals surface area (Å²) in [6.45, 7) is 4.45. The van der Waals surface area contributed by atoms with Crippen molar-refractivity contribution < 1.29 is 24.0 Å². The normalized spacial score (nSPS) is 12.5. The molecule has 0 spiro atoms. The van der Waals surface area contributed by atoms with Crippen LogP contribution in [0.2, 0.25) is 0 Å². The molecule has 0 radical (unpaired) electrons. The number of esters is 1. The van der Waals surface area contributed by atoms with Gasteiger partial charge in [0.15, 0.2) is 11.9 Å². The molecule has 0 saturated heterocycles. The van der Waals surface area contributed by atoms with Crippen LogP contribution in [0.25, 0.3) is 0 Å². The lowest BCUT2D eigenvalue weighted by molar-refractivity contribution is -0.384. The van der Waals surface area contributed by atoms with Crippen LogP contribution in [0.3, 0.4) is 0 Å². The van der Waals surface area contributed by atoms with Crippen LogP contribution >= 0.6 is 11.8 Å². The van der Waals surface area contributed by atoms with Crippen LogP contribution in [0.5, 0.6) is 0 Å². The number of carbonyl (C=O) groups excluding carboxylic acids is 3. The molecule has 0 unspecified atom stereocenters. The van der Waals surface area contributed by atoms with Crippen molar-refractivity contribution in [2.45, 2.75) is 37.0 Å². The summed E-state index contributed by atoms with van der Waals surface area (Å²) in [6.07, 6.45) is -1.07. The van der Waals surface area contributed by atoms with Crippen LogP contribution < -0.4 is 5.32 Å². The molecule has 2 rings (SSSR count). The Bertz CT molecular complexity index is 929. The largest absolute Gasteiger partial charge is 0.452 e. The zero-order valence-corrected chi connectivity index (χ0v) is 16.9. The maximum absolute atomic E-state index is 12.3. The first-order valence-electron chi connectivity index (χ1n) is 8.71. The SMILES string of the molecule is CC(=O)c1ccccc1NC(=O)[C@@H](C)OC(=O)[C@H](C)Sc1ccc([N+](=O)[O-])cc1. The third-order valence-corrected chi connectivity index (χ3v) is 5.01. The lowest BCUT2D eigenvalue weighted by Crippen LogP contribution is -2.32. The van der Waals surface area contributed by atoms with Crippen LogP contribution in [-0.2, 0) is 14.3 Å². The number of hydrogen-bond acceptors (Lipinski definition) is 7. The van der Waals surface area contributed by atoms with Gasteiger partial charge in [-0.15, -0.1) is 11.8 Å². The molecule has 0 aromatic heterocycles. The fourth-order valence-electron chi connectivity index (χ4n) is 2.36. The van der Waals surface area contributed by atoms with Gasteiger partial charge in [-0.25, -0.2) is 0 Å². The monoisotopic (exact) mass is 416 g/mol. The molecule has 2 atom stereocenters. The number of hydrogen-bond donors (Lipinski definition) is 1. The first-order valence-corrected chi connectivity index (χ1v) is 9.59. The maximum atomic E-state index is 12.3. The Kier molecular flexibility index (Phi) is 7.49. The predicted octanol–water partition coefficient (Wildman–Crippen LogP) is 3.85. The second-order valence-corrected chi connectivity index (χ2v) is 7.60. The van der Waals surface area contributed by atoms with E-state index < -0.39 is 28.2 Å². The second kappa shape index (κ2) is 9.83. The lowest BCUT2D eigenvalue weighted by atomic mass is 10.1. The molecule has 0 saturated carbocycles. The first-order chi connectivity index (χ1) is 13.7. The summed E-state index contributed by atoms with van der Waals surface area (Å²) < 4.78 is 5.22. The van der Waals surface area contributed by atoms with Crippen LogP contribution in [0.15, 0.2) is 53.4 Å². The van der Waals surface area contributed by atoms with Crippen molar-refractivity contribution in [3.63, 3.8) is 0 Å². The molecule has 2 aromatic rings. The fourth-order valence-corrected chi connectivity index (χ4v) is 3.21. The van der Waals surface area contributed by atoms with Crippen LogP contribution in [-0.4, -0.2) is 33.9 Å².